The highest BCUT2D eigenvalue weighted by atomic mass is 16.1. The Hall–Kier alpha value is -1.69. The van der Waals surface area contributed by atoms with Crippen molar-refractivity contribution in [2.75, 3.05) is 0 Å². The zero-order valence-electron chi connectivity index (χ0n) is 6.69. The number of nitriles is 1. The lowest BCUT2D eigenvalue weighted by molar-refractivity contribution is -0.117. The lowest BCUT2D eigenvalue weighted by Gasteiger charge is -2.02. The third-order valence-corrected chi connectivity index (χ3v) is 1.55. The van der Waals surface area contributed by atoms with Gasteiger partial charge in [-0.25, -0.2) is 0 Å². The summed E-state index contributed by atoms with van der Waals surface area (Å²) in [7, 11) is 0. The monoisotopic (exact) mass is 160 g/mol. The fourth-order valence-electron chi connectivity index (χ4n) is 0.947. The van der Waals surface area contributed by atoms with Gasteiger partial charge in [-0.15, -0.1) is 0 Å². The normalized spacial score (nSPS) is 11.7. The van der Waals surface area contributed by atoms with Gasteiger partial charge in [0.05, 0.1) is 6.07 Å². The van der Waals surface area contributed by atoms with Gasteiger partial charge >= 0.3 is 0 Å². The van der Waals surface area contributed by atoms with E-state index >= 15 is 0 Å². The summed E-state index contributed by atoms with van der Waals surface area (Å²) in [6, 6.07) is 5.36. The molecule has 0 aliphatic carbocycles. The molecule has 60 valence electrons. The van der Waals surface area contributed by atoms with Crippen LogP contribution in [0.25, 0.3) is 0 Å². The fraction of sp³-hybridized carbons (Fsp3) is 0.222. The lowest BCUT2D eigenvalue weighted by Crippen LogP contribution is -2.06. The Balaban J connectivity index is 2.98. The molecule has 0 amide bonds. The Morgan fingerprint density at radius 1 is 1.75 bits per heavy atom. The van der Waals surface area contributed by atoms with Gasteiger partial charge in [0.25, 0.3) is 0 Å². The van der Waals surface area contributed by atoms with E-state index in [4.69, 9.17) is 5.26 Å². The molecular formula is C9H8N2O. The first-order chi connectivity index (χ1) is 5.75. The van der Waals surface area contributed by atoms with E-state index in [1.165, 1.54) is 13.1 Å². The van der Waals surface area contributed by atoms with Gasteiger partial charge in [0.1, 0.15) is 5.92 Å². The summed E-state index contributed by atoms with van der Waals surface area (Å²) in [4.78, 5) is 14.8. The molecule has 0 bridgehead atoms. The molecule has 0 saturated carbocycles. The molecule has 0 aromatic carbocycles. The summed E-state index contributed by atoms with van der Waals surface area (Å²) in [5.41, 5.74) is 0.660. The first kappa shape index (κ1) is 8.41. The summed E-state index contributed by atoms with van der Waals surface area (Å²) in [6.45, 7) is 1.40. The van der Waals surface area contributed by atoms with Crippen LogP contribution in [0.2, 0.25) is 0 Å². The molecule has 1 aromatic rings. The van der Waals surface area contributed by atoms with Crippen molar-refractivity contribution in [2.45, 2.75) is 12.8 Å². The molecule has 0 aliphatic heterocycles. The molecule has 0 N–H and O–H groups in total. The highest BCUT2D eigenvalue weighted by Gasteiger charge is 2.14. The summed E-state index contributed by atoms with van der Waals surface area (Å²) in [5, 5.41) is 8.65. The Morgan fingerprint density at radius 3 is 2.92 bits per heavy atom. The zero-order valence-corrected chi connectivity index (χ0v) is 6.69. The zero-order chi connectivity index (χ0) is 8.97. The van der Waals surface area contributed by atoms with E-state index in [2.05, 4.69) is 4.98 Å². The Kier molecular flexibility index (Phi) is 2.54. The van der Waals surface area contributed by atoms with Crippen molar-refractivity contribution in [1.82, 2.24) is 4.98 Å². The van der Waals surface area contributed by atoms with E-state index < -0.39 is 5.92 Å². The van der Waals surface area contributed by atoms with E-state index in [9.17, 15) is 4.79 Å². The molecule has 3 nitrogen and oxygen atoms in total. The molecule has 0 unspecified atom stereocenters. The van der Waals surface area contributed by atoms with Crippen molar-refractivity contribution in [3.05, 3.63) is 30.1 Å². The van der Waals surface area contributed by atoms with E-state index in [0.717, 1.165) is 0 Å². The topological polar surface area (TPSA) is 53.8 Å². The molecule has 0 saturated heterocycles. The third kappa shape index (κ3) is 1.67. The number of carbonyl (C=O) groups is 1. The number of aromatic nitrogens is 1. The van der Waals surface area contributed by atoms with Crippen LogP contribution in [0, 0.1) is 11.3 Å². The van der Waals surface area contributed by atoms with E-state index in [-0.39, 0.29) is 5.78 Å². The predicted molar refractivity (Wildman–Crippen MR) is 43.3 cm³/mol. The van der Waals surface area contributed by atoms with Crippen LogP contribution in [0.15, 0.2) is 24.5 Å². The molecule has 1 atom stereocenters. The van der Waals surface area contributed by atoms with E-state index in [0.29, 0.717) is 5.56 Å². The molecular weight excluding hydrogens is 152 g/mol. The molecule has 1 rings (SSSR count). The standard InChI is InChI=1S/C9H8N2O/c1-7(12)9(5-10)8-3-2-4-11-6-8/h2-4,6,9H,1H3/t9-/m1/s1. The number of hydrogen-bond acceptors (Lipinski definition) is 3. The summed E-state index contributed by atoms with van der Waals surface area (Å²) < 4.78 is 0. The summed E-state index contributed by atoms with van der Waals surface area (Å²) in [5.74, 6) is -0.816. The van der Waals surface area contributed by atoms with Crippen LogP contribution in [0.4, 0.5) is 0 Å². The molecule has 0 spiro atoms. The van der Waals surface area contributed by atoms with Gasteiger partial charge in [0.2, 0.25) is 0 Å². The minimum absolute atomic E-state index is 0.148. The summed E-state index contributed by atoms with van der Waals surface area (Å²) >= 11 is 0. The highest BCUT2D eigenvalue weighted by molar-refractivity contribution is 5.85. The maximum Gasteiger partial charge on any atom is 0.151 e. The first-order valence-electron chi connectivity index (χ1n) is 3.55. The number of nitrogens with zero attached hydrogens (tertiary/aromatic N) is 2. The van der Waals surface area contributed by atoms with Gasteiger partial charge < -0.3 is 0 Å². The second kappa shape index (κ2) is 3.63. The molecule has 0 aliphatic rings. The number of Topliss-reactive ketones (excluding diaryl/α,β-unsaturated/α-hetero) is 1. The average Bonchev–Trinajstić information content (AvgIpc) is 2.07. The second-order valence-electron chi connectivity index (χ2n) is 2.46. The van der Waals surface area contributed by atoms with Crippen LogP contribution < -0.4 is 0 Å². The van der Waals surface area contributed by atoms with Crippen molar-refractivity contribution in [2.24, 2.45) is 0 Å². The van der Waals surface area contributed by atoms with Gasteiger partial charge in [0.15, 0.2) is 5.78 Å². The Morgan fingerprint density at radius 2 is 2.50 bits per heavy atom. The quantitative estimate of drug-likeness (QED) is 0.654. The molecule has 1 aromatic heterocycles. The van der Waals surface area contributed by atoms with Crippen LogP contribution in [-0.2, 0) is 4.79 Å². The summed E-state index contributed by atoms with van der Waals surface area (Å²) in [6.07, 6.45) is 3.15. The number of hydrogen-bond donors (Lipinski definition) is 0. The molecule has 3 heteroatoms. The maximum atomic E-state index is 10.9. The lowest BCUT2D eigenvalue weighted by atomic mass is 9.99. The second-order valence-corrected chi connectivity index (χ2v) is 2.46. The fourth-order valence-corrected chi connectivity index (χ4v) is 0.947. The van der Waals surface area contributed by atoms with Crippen LogP contribution in [-0.4, -0.2) is 10.8 Å². The van der Waals surface area contributed by atoms with Crippen molar-refractivity contribution in [3.8, 4) is 6.07 Å². The first-order valence-corrected chi connectivity index (χ1v) is 3.55. The van der Waals surface area contributed by atoms with Gasteiger partial charge in [-0.3, -0.25) is 9.78 Å². The Bertz CT molecular complexity index is 313. The number of carbonyl (C=O) groups excluding carboxylic acids is 1. The largest absolute Gasteiger partial charge is 0.298 e. The number of pyridine rings is 1. The van der Waals surface area contributed by atoms with Crippen molar-refractivity contribution in [3.63, 3.8) is 0 Å². The van der Waals surface area contributed by atoms with Crippen LogP contribution in [0.5, 0.6) is 0 Å². The average molecular weight is 160 g/mol. The minimum atomic E-state index is -0.668. The van der Waals surface area contributed by atoms with Gasteiger partial charge in [0, 0.05) is 12.4 Å². The van der Waals surface area contributed by atoms with Crippen molar-refractivity contribution in [1.29, 1.82) is 5.26 Å². The molecule has 1 heterocycles. The van der Waals surface area contributed by atoms with Gasteiger partial charge in [-0.05, 0) is 18.6 Å². The van der Waals surface area contributed by atoms with Crippen molar-refractivity contribution < 1.29 is 4.79 Å². The van der Waals surface area contributed by atoms with Crippen LogP contribution >= 0.6 is 0 Å². The molecule has 12 heavy (non-hydrogen) atoms. The van der Waals surface area contributed by atoms with Crippen LogP contribution in [0.3, 0.4) is 0 Å². The third-order valence-electron chi connectivity index (χ3n) is 1.55. The highest BCUT2D eigenvalue weighted by Crippen LogP contribution is 2.13. The van der Waals surface area contributed by atoms with Gasteiger partial charge in [-0.1, -0.05) is 6.07 Å². The predicted octanol–water partition coefficient (Wildman–Crippen LogP) is 1.28. The Labute approximate surface area is 70.7 Å². The van der Waals surface area contributed by atoms with Gasteiger partial charge in [-0.2, -0.15) is 5.26 Å². The maximum absolute atomic E-state index is 10.9. The molecule has 0 radical (unpaired) electrons. The smallest absolute Gasteiger partial charge is 0.151 e. The number of rotatable bonds is 2. The SMILES string of the molecule is CC(=O)[C@@H](C#N)c1cccnc1. The molecule has 0 fully saturated rings. The van der Waals surface area contributed by atoms with E-state index in [1.54, 1.807) is 18.3 Å². The minimum Gasteiger partial charge on any atom is -0.298 e. The van der Waals surface area contributed by atoms with E-state index in [1.807, 2.05) is 6.07 Å². The van der Waals surface area contributed by atoms with Crippen LogP contribution in [0.1, 0.15) is 18.4 Å². The number of ketones is 1. The van der Waals surface area contributed by atoms with Crippen molar-refractivity contribution >= 4 is 5.78 Å².